The molecule has 1 amide bonds. The van der Waals surface area contributed by atoms with E-state index in [4.69, 9.17) is 4.74 Å². The minimum atomic E-state index is -3.60. The zero-order chi connectivity index (χ0) is 20.1. The molecule has 0 fully saturated rings. The Kier molecular flexibility index (Phi) is 6.91. The van der Waals surface area contributed by atoms with Crippen LogP contribution in [0, 0.1) is 0 Å². The second-order valence-corrected chi connectivity index (χ2v) is 9.46. The maximum absolute atomic E-state index is 12.3. The predicted octanol–water partition coefficient (Wildman–Crippen LogP) is 3.50. The number of ether oxygens (including phenoxy) is 1. The van der Waals surface area contributed by atoms with Crippen molar-refractivity contribution in [3.8, 4) is 5.75 Å². The number of hydrogen-bond donors (Lipinski definition) is 2. The molecule has 6 nitrogen and oxygen atoms in total. The minimum absolute atomic E-state index is 0.142. The van der Waals surface area contributed by atoms with Crippen molar-refractivity contribution in [1.29, 1.82) is 0 Å². The molecule has 2 aromatic carbocycles. The average Bonchev–Trinajstić information content (AvgIpc) is 2.58. The third-order valence-corrected chi connectivity index (χ3v) is 5.80. The third kappa shape index (κ3) is 6.89. The summed E-state index contributed by atoms with van der Waals surface area (Å²) < 4.78 is 32.5. The van der Waals surface area contributed by atoms with Gasteiger partial charge >= 0.3 is 0 Å². The standard InChI is InChI=1S/C19H24N2O4S2/c1-19(2,3)21-27(23,24)17-10-8-15(9-11-17)25-13-18(22)20-14-6-5-7-16(12-14)26-4/h5-12,21H,13H2,1-4H3,(H,20,22). The van der Waals surface area contributed by atoms with Gasteiger partial charge < -0.3 is 10.1 Å². The highest BCUT2D eigenvalue weighted by Gasteiger charge is 2.21. The number of thioether (sulfide) groups is 1. The van der Waals surface area contributed by atoms with Crippen LogP contribution in [-0.4, -0.2) is 32.7 Å². The van der Waals surface area contributed by atoms with E-state index in [1.807, 2.05) is 24.5 Å². The molecule has 2 aromatic rings. The Morgan fingerprint density at radius 2 is 1.78 bits per heavy atom. The van der Waals surface area contributed by atoms with Crippen molar-refractivity contribution in [2.24, 2.45) is 0 Å². The lowest BCUT2D eigenvalue weighted by molar-refractivity contribution is -0.118. The number of benzene rings is 2. The van der Waals surface area contributed by atoms with Gasteiger partial charge in [0, 0.05) is 16.1 Å². The van der Waals surface area contributed by atoms with Crippen LogP contribution in [0.3, 0.4) is 0 Å². The lowest BCUT2D eigenvalue weighted by atomic mass is 10.1. The normalized spacial score (nSPS) is 11.9. The summed E-state index contributed by atoms with van der Waals surface area (Å²) in [6, 6.07) is 13.5. The maximum atomic E-state index is 12.3. The van der Waals surface area contributed by atoms with E-state index in [0.717, 1.165) is 4.90 Å². The molecule has 0 aliphatic rings. The number of carbonyl (C=O) groups excluding carboxylic acids is 1. The molecule has 0 radical (unpaired) electrons. The summed E-state index contributed by atoms with van der Waals surface area (Å²) in [4.78, 5) is 13.2. The van der Waals surface area contributed by atoms with E-state index in [0.29, 0.717) is 11.4 Å². The van der Waals surface area contributed by atoms with Crippen LogP contribution in [0.25, 0.3) is 0 Å². The number of sulfonamides is 1. The van der Waals surface area contributed by atoms with Crippen LogP contribution in [0.1, 0.15) is 20.8 Å². The van der Waals surface area contributed by atoms with Gasteiger partial charge in [0.2, 0.25) is 10.0 Å². The third-order valence-electron chi connectivity index (χ3n) is 3.30. The molecule has 2 rings (SSSR count). The Labute approximate surface area is 164 Å². The van der Waals surface area contributed by atoms with E-state index in [1.54, 1.807) is 38.6 Å². The monoisotopic (exact) mass is 408 g/mol. The zero-order valence-corrected chi connectivity index (χ0v) is 17.4. The van der Waals surface area contributed by atoms with Crippen LogP contribution in [-0.2, 0) is 14.8 Å². The summed E-state index contributed by atoms with van der Waals surface area (Å²) in [5, 5.41) is 2.77. The first kappa shape index (κ1) is 21.3. The van der Waals surface area contributed by atoms with Gasteiger partial charge in [0.15, 0.2) is 6.61 Å². The molecule has 0 aliphatic carbocycles. The van der Waals surface area contributed by atoms with Crippen molar-refractivity contribution in [2.75, 3.05) is 18.2 Å². The Hall–Kier alpha value is -2.03. The smallest absolute Gasteiger partial charge is 0.262 e. The molecule has 0 unspecified atom stereocenters. The molecule has 0 heterocycles. The van der Waals surface area contributed by atoms with E-state index in [-0.39, 0.29) is 17.4 Å². The Morgan fingerprint density at radius 1 is 1.11 bits per heavy atom. The van der Waals surface area contributed by atoms with Gasteiger partial charge in [0.25, 0.3) is 5.91 Å². The van der Waals surface area contributed by atoms with Crippen LogP contribution in [0.4, 0.5) is 5.69 Å². The molecule has 0 saturated heterocycles. The molecule has 0 saturated carbocycles. The van der Waals surface area contributed by atoms with E-state index in [1.165, 1.54) is 24.3 Å². The van der Waals surface area contributed by atoms with Crippen molar-refractivity contribution < 1.29 is 17.9 Å². The highest BCUT2D eigenvalue weighted by molar-refractivity contribution is 7.98. The van der Waals surface area contributed by atoms with E-state index >= 15 is 0 Å². The SMILES string of the molecule is CSc1cccc(NC(=O)COc2ccc(S(=O)(=O)NC(C)(C)C)cc2)c1. The van der Waals surface area contributed by atoms with Gasteiger partial charge in [-0.2, -0.15) is 0 Å². The van der Waals surface area contributed by atoms with E-state index < -0.39 is 15.6 Å². The second-order valence-electron chi connectivity index (χ2n) is 6.90. The van der Waals surface area contributed by atoms with Gasteiger partial charge in [-0.05, 0) is 69.5 Å². The van der Waals surface area contributed by atoms with Gasteiger partial charge in [-0.25, -0.2) is 13.1 Å². The summed E-state index contributed by atoms with van der Waals surface area (Å²) in [6.45, 7) is 5.15. The second kappa shape index (κ2) is 8.77. The highest BCUT2D eigenvalue weighted by Crippen LogP contribution is 2.20. The van der Waals surface area contributed by atoms with Crippen LogP contribution < -0.4 is 14.8 Å². The molecule has 0 aliphatic heterocycles. The maximum Gasteiger partial charge on any atom is 0.262 e. The predicted molar refractivity (Wildman–Crippen MR) is 109 cm³/mol. The van der Waals surface area contributed by atoms with Crippen LogP contribution in [0.15, 0.2) is 58.3 Å². The molecule has 0 atom stereocenters. The first-order chi connectivity index (χ1) is 12.6. The first-order valence-electron chi connectivity index (χ1n) is 8.30. The fourth-order valence-electron chi connectivity index (χ4n) is 2.22. The van der Waals surface area contributed by atoms with Crippen molar-refractivity contribution in [1.82, 2.24) is 4.72 Å². The highest BCUT2D eigenvalue weighted by atomic mass is 32.2. The zero-order valence-electron chi connectivity index (χ0n) is 15.8. The Morgan fingerprint density at radius 3 is 2.37 bits per heavy atom. The fraction of sp³-hybridized carbons (Fsp3) is 0.316. The van der Waals surface area contributed by atoms with Gasteiger partial charge in [0.05, 0.1) is 4.90 Å². The summed E-state index contributed by atoms with van der Waals surface area (Å²) in [7, 11) is -3.60. The molecule has 0 bridgehead atoms. The average molecular weight is 409 g/mol. The number of rotatable bonds is 7. The van der Waals surface area contributed by atoms with Crippen molar-refractivity contribution in [2.45, 2.75) is 36.1 Å². The molecule has 2 N–H and O–H groups in total. The molecule has 0 aromatic heterocycles. The summed E-state index contributed by atoms with van der Waals surface area (Å²) in [5.41, 5.74) is 0.129. The summed E-state index contributed by atoms with van der Waals surface area (Å²) in [5.74, 6) is 0.122. The van der Waals surface area contributed by atoms with Gasteiger partial charge in [-0.3, -0.25) is 4.79 Å². The first-order valence-corrected chi connectivity index (χ1v) is 11.0. The lowest BCUT2D eigenvalue weighted by Gasteiger charge is -2.20. The Balaban J connectivity index is 1.93. The molecule has 146 valence electrons. The molecule has 0 spiro atoms. The fourth-order valence-corrected chi connectivity index (χ4v) is 4.10. The molecule has 8 heteroatoms. The number of nitrogens with one attached hydrogen (secondary N) is 2. The topological polar surface area (TPSA) is 84.5 Å². The van der Waals surface area contributed by atoms with Crippen LogP contribution in [0.2, 0.25) is 0 Å². The summed E-state index contributed by atoms with van der Waals surface area (Å²) in [6.07, 6.45) is 1.96. The summed E-state index contributed by atoms with van der Waals surface area (Å²) >= 11 is 1.59. The number of carbonyl (C=O) groups is 1. The quantitative estimate of drug-likeness (QED) is 0.685. The molecule has 27 heavy (non-hydrogen) atoms. The van der Waals surface area contributed by atoms with E-state index in [2.05, 4.69) is 10.0 Å². The molecular weight excluding hydrogens is 384 g/mol. The minimum Gasteiger partial charge on any atom is -0.484 e. The Bertz CT molecular complexity index is 889. The lowest BCUT2D eigenvalue weighted by Crippen LogP contribution is -2.40. The molecular formula is C19H24N2O4S2. The number of hydrogen-bond acceptors (Lipinski definition) is 5. The van der Waals surface area contributed by atoms with Crippen molar-refractivity contribution in [3.05, 3.63) is 48.5 Å². The van der Waals surface area contributed by atoms with Gasteiger partial charge in [0.1, 0.15) is 5.75 Å². The van der Waals surface area contributed by atoms with Crippen LogP contribution in [0.5, 0.6) is 5.75 Å². The van der Waals surface area contributed by atoms with Gasteiger partial charge in [-0.15, -0.1) is 11.8 Å². The van der Waals surface area contributed by atoms with E-state index in [9.17, 15) is 13.2 Å². The number of amides is 1. The number of anilines is 1. The van der Waals surface area contributed by atoms with Crippen molar-refractivity contribution >= 4 is 33.4 Å². The van der Waals surface area contributed by atoms with Crippen LogP contribution >= 0.6 is 11.8 Å². The van der Waals surface area contributed by atoms with Gasteiger partial charge in [-0.1, -0.05) is 6.07 Å². The largest absolute Gasteiger partial charge is 0.484 e. The van der Waals surface area contributed by atoms with Crippen molar-refractivity contribution in [3.63, 3.8) is 0 Å².